The molecule has 0 saturated carbocycles. The number of pyridine rings is 1. The van der Waals surface area contributed by atoms with E-state index in [1.165, 1.54) is 0 Å². The number of hydrogen-bond donors (Lipinski definition) is 1. The van der Waals surface area contributed by atoms with E-state index in [2.05, 4.69) is 15.1 Å². The number of alkyl halides is 3. The second kappa shape index (κ2) is 5.20. The lowest BCUT2D eigenvalue weighted by atomic mass is 10.1. The first-order valence-electron chi connectivity index (χ1n) is 5.39. The average molecular weight is 336 g/mol. The van der Waals surface area contributed by atoms with Crippen molar-refractivity contribution in [3.8, 4) is 11.5 Å². The molecular formula is C11H9Cl3N4O2. The molecule has 0 aliphatic heterocycles. The van der Waals surface area contributed by atoms with Gasteiger partial charge in [0.2, 0.25) is 5.82 Å². The Kier molecular flexibility index (Phi) is 3.90. The van der Waals surface area contributed by atoms with Crippen LogP contribution in [0, 0.1) is 13.8 Å². The Morgan fingerprint density at radius 2 is 1.95 bits per heavy atom. The SMILES string of the molecule is Cc1cc(-c2noc(C(Cl)(Cl)Cl)n2)nc(C)c1C(N)=O. The monoisotopic (exact) mass is 334 g/mol. The first-order valence-corrected chi connectivity index (χ1v) is 6.53. The summed E-state index contributed by atoms with van der Waals surface area (Å²) >= 11 is 16.9. The molecule has 2 N–H and O–H groups in total. The summed E-state index contributed by atoms with van der Waals surface area (Å²) in [4.78, 5) is 19.5. The van der Waals surface area contributed by atoms with E-state index in [-0.39, 0.29) is 11.7 Å². The van der Waals surface area contributed by atoms with Crippen LogP contribution in [0.5, 0.6) is 0 Å². The predicted octanol–water partition coefficient (Wildman–Crippen LogP) is 2.67. The van der Waals surface area contributed by atoms with Crippen LogP contribution in [0.3, 0.4) is 0 Å². The van der Waals surface area contributed by atoms with Gasteiger partial charge >= 0.3 is 0 Å². The van der Waals surface area contributed by atoms with Crippen molar-refractivity contribution in [2.24, 2.45) is 5.73 Å². The van der Waals surface area contributed by atoms with Crippen LogP contribution in [-0.4, -0.2) is 21.0 Å². The van der Waals surface area contributed by atoms with Gasteiger partial charge in [0.15, 0.2) is 0 Å². The maximum atomic E-state index is 11.3. The molecule has 0 fully saturated rings. The van der Waals surface area contributed by atoms with Gasteiger partial charge in [-0.25, -0.2) is 4.98 Å². The fraction of sp³-hybridized carbons (Fsp3) is 0.273. The van der Waals surface area contributed by atoms with Gasteiger partial charge in [-0.15, -0.1) is 0 Å². The van der Waals surface area contributed by atoms with Crippen LogP contribution in [0.4, 0.5) is 0 Å². The van der Waals surface area contributed by atoms with E-state index < -0.39 is 9.70 Å². The third-order valence-corrected chi connectivity index (χ3v) is 3.03. The number of carbonyl (C=O) groups excluding carboxylic acids is 1. The van der Waals surface area contributed by atoms with E-state index in [9.17, 15) is 4.79 Å². The summed E-state index contributed by atoms with van der Waals surface area (Å²) in [5, 5.41) is 3.69. The molecule has 0 bridgehead atoms. The standard InChI is InChI=1S/C11H9Cl3N4O2/c1-4-3-6(16-5(2)7(4)8(15)19)9-17-10(20-18-9)11(12,13)14/h3H,1-2H3,(H2,15,19). The third-order valence-electron chi connectivity index (χ3n) is 2.54. The van der Waals surface area contributed by atoms with Crippen LogP contribution in [0.25, 0.3) is 11.5 Å². The van der Waals surface area contributed by atoms with Crippen molar-refractivity contribution in [2.45, 2.75) is 17.6 Å². The fourth-order valence-electron chi connectivity index (χ4n) is 1.76. The maximum Gasteiger partial charge on any atom is 0.279 e. The van der Waals surface area contributed by atoms with Crippen molar-refractivity contribution in [2.75, 3.05) is 0 Å². The number of halogens is 3. The Balaban J connectivity index is 2.49. The van der Waals surface area contributed by atoms with Crippen molar-refractivity contribution in [1.82, 2.24) is 15.1 Å². The molecule has 0 aliphatic carbocycles. The minimum absolute atomic E-state index is 0.159. The molecule has 0 aromatic carbocycles. The predicted molar refractivity (Wildman–Crippen MR) is 74.8 cm³/mol. The Labute approximate surface area is 129 Å². The van der Waals surface area contributed by atoms with Crippen molar-refractivity contribution < 1.29 is 9.32 Å². The molecule has 0 unspecified atom stereocenters. The summed E-state index contributed by atoms with van der Waals surface area (Å²) in [5.74, 6) is -0.545. The number of amides is 1. The lowest BCUT2D eigenvalue weighted by Gasteiger charge is -2.06. The molecule has 9 heteroatoms. The van der Waals surface area contributed by atoms with E-state index in [4.69, 9.17) is 45.1 Å². The average Bonchev–Trinajstić information content (AvgIpc) is 2.75. The molecule has 1 amide bonds. The fourth-order valence-corrected chi connectivity index (χ4v) is 1.99. The van der Waals surface area contributed by atoms with Gasteiger partial charge in [-0.1, -0.05) is 40.0 Å². The van der Waals surface area contributed by atoms with Gasteiger partial charge in [-0.3, -0.25) is 4.79 Å². The molecule has 2 rings (SSSR count). The molecular weight excluding hydrogens is 327 g/mol. The molecule has 0 saturated heterocycles. The Morgan fingerprint density at radius 1 is 1.30 bits per heavy atom. The van der Waals surface area contributed by atoms with Crippen molar-refractivity contribution in [3.05, 3.63) is 28.8 Å². The zero-order chi connectivity index (χ0) is 15.1. The Hall–Kier alpha value is -1.37. The minimum atomic E-state index is -1.80. The highest BCUT2D eigenvalue weighted by atomic mass is 35.6. The normalized spacial score (nSPS) is 11.7. The van der Waals surface area contributed by atoms with Gasteiger partial charge in [0, 0.05) is 0 Å². The maximum absolute atomic E-state index is 11.3. The van der Waals surface area contributed by atoms with Crippen molar-refractivity contribution in [1.29, 1.82) is 0 Å². The molecule has 0 radical (unpaired) electrons. The van der Waals surface area contributed by atoms with Crippen molar-refractivity contribution >= 4 is 40.7 Å². The summed E-state index contributed by atoms with van der Waals surface area (Å²) in [6, 6.07) is 1.61. The smallest absolute Gasteiger partial charge is 0.279 e. The quantitative estimate of drug-likeness (QED) is 0.851. The van der Waals surface area contributed by atoms with Gasteiger partial charge in [0.25, 0.3) is 15.6 Å². The topological polar surface area (TPSA) is 94.9 Å². The molecule has 2 aromatic rings. The molecule has 106 valence electrons. The van der Waals surface area contributed by atoms with Crippen LogP contribution in [0.15, 0.2) is 10.6 Å². The van der Waals surface area contributed by atoms with E-state index in [0.717, 1.165) is 0 Å². The van der Waals surface area contributed by atoms with Gasteiger partial charge in [-0.2, -0.15) is 4.98 Å². The largest absolute Gasteiger partial charge is 0.366 e. The molecule has 0 spiro atoms. The zero-order valence-corrected chi connectivity index (χ0v) is 12.7. The summed E-state index contributed by atoms with van der Waals surface area (Å²) in [6.45, 7) is 3.39. The Bertz CT molecular complexity index is 656. The van der Waals surface area contributed by atoms with E-state index in [1.54, 1.807) is 19.9 Å². The number of nitrogens with zero attached hydrogens (tertiary/aromatic N) is 3. The van der Waals surface area contributed by atoms with Gasteiger partial charge < -0.3 is 10.3 Å². The van der Waals surface area contributed by atoms with Crippen LogP contribution >= 0.6 is 34.8 Å². The van der Waals surface area contributed by atoms with Gasteiger partial charge in [0.05, 0.1) is 11.3 Å². The number of rotatable bonds is 2. The number of nitrogens with two attached hydrogens (primary N) is 1. The molecule has 20 heavy (non-hydrogen) atoms. The van der Waals surface area contributed by atoms with Gasteiger partial charge in [0.1, 0.15) is 5.69 Å². The highest BCUT2D eigenvalue weighted by Gasteiger charge is 2.31. The van der Waals surface area contributed by atoms with Crippen LogP contribution in [0.1, 0.15) is 27.5 Å². The third kappa shape index (κ3) is 2.87. The molecule has 2 aromatic heterocycles. The Morgan fingerprint density at radius 3 is 2.40 bits per heavy atom. The van der Waals surface area contributed by atoms with E-state index in [1.807, 2.05) is 0 Å². The summed E-state index contributed by atoms with van der Waals surface area (Å²) in [7, 11) is 0. The summed E-state index contributed by atoms with van der Waals surface area (Å²) in [5.41, 5.74) is 7.16. The lowest BCUT2D eigenvalue weighted by molar-refractivity contribution is 0.0999. The van der Waals surface area contributed by atoms with Crippen LogP contribution < -0.4 is 5.73 Å². The highest BCUT2D eigenvalue weighted by Crippen LogP contribution is 2.37. The zero-order valence-electron chi connectivity index (χ0n) is 10.4. The number of hydrogen-bond acceptors (Lipinski definition) is 5. The number of aryl methyl sites for hydroxylation is 2. The molecule has 2 heterocycles. The number of carbonyl (C=O) groups is 1. The summed E-state index contributed by atoms with van der Waals surface area (Å²) < 4.78 is 3.05. The van der Waals surface area contributed by atoms with Gasteiger partial charge in [-0.05, 0) is 25.5 Å². The molecule has 0 aliphatic rings. The molecule has 6 nitrogen and oxygen atoms in total. The van der Waals surface area contributed by atoms with E-state index >= 15 is 0 Å². The minimum Gasteiger partial charge on any atom is -0.366 e. The summed E-state index contributed by atoms with van der Waals surface area (Å²) in [6.07, 6.45) is 0. The second-order valence-electron chi connectivity index (χ2n) is 4.07. The highest BCUT2D eigenvalue weighted by molar-refractivity contribution is 6.66. The lowest BCUT2D eigenvalue weighted by Crippen LogP contribution is -2.15. The second-order valence-corrected chi connectivity index (χ2v) is 6.35. The van der Waals surface area contributed by atoms with Crippen molar-refractivity contribution in [3.63, 3.8) is 0 Å². The number of primary amides is 1. The first-order chi connectivity index (χ1) is 9.20. The van der Waals surface area contributed by atoms with Crippen LogP contribution in [0.2, 0.25) is 0 Å². The first kappa shape index (κ1) is 15.0. The number of aromatic nitrogens is 3. The van der Waals surface area contributed by atoms with Crippen LogP contribution in [-0.2, 0) is 3.79 Å². The molecule has 0 atom stereocenters. The van der Waals surface area contributed by atoms with E-state index in [0.29, 0.717) is 22.5 Å².